The summed E-state index contributed by atoms with van der Waals surface area (Å²) < 4.78 is 27.6. The van der Waals surface area contributed by atoms with Crippen LogP contribution in [0.15, 0.2) is 12.1 Å². The van der Waals surface area contributed by atoms with Gasteiger partial charge in [-0.3, -0.25) is 9.59 Å². The summed E-state index contributed by atoms with van der Waals surface area (Å²) >= 11 is 0. The van der Waals surface area contributed by atoms with Crippen LogP contribution >= 0.6 is 0 Å². The van der Waals surface area contributed by atoms with Gasteiger partial charge in [-0.05, 0) is 18.6 Å². The van der Waals surface area contributed by atoms with Crippen LogP contribution in [0.5, 0.6) is 0 Å². The van der Waals surface area contributed by atoms with Crippen LogP contribution in [0.25, 0.3) is 0 Å². The van der Waals surface area contributed by atoms with Gasteiger partial charge in [0, 0.05) is 33.1 Å². The summed E-state index contributed by atoms with van der Waals surface area (Å²) in [5.74, 6) is -2.78. The molecule has 0 aromatic heterocycles. The molecule has 7 heteroatoms. The number of benzene rings is 1. The molecule has 1 saturated heterocycles. The lowest BCUT2D eigenvalue weighted by atomic mass is 10.1. The van der Waals surface area contributed by atoms with Gasteiger partial charge in [-0.25, -0.2) is 8.78 Å². The van der Waals surface area contributed by atoms with Gasteiger partial charge in [-0.15, -0.1) is 0 Å². The molecule has 0 unspecified atom stereocenters. The summed E-state index contributed by atoms with van der Waals surface area (Å²) in [5, 5.41) is 0. The quantitative estimate of drug-likeness (QED) is 0.793. The smallest absolute Gasteiger partial charge is 0.259 e. The van der Waals surface area contributed by atoms with Gasteiger partial charge >= 0.3 is 0 Å². The van der Waals surface area contributed by atoms with E-state index >= 15 is 0 Å². The first-order valence-corrected chi connectivity index (χ1v) is 6.70. The average Bonchev–Trinajstić information content (AvgIpc) is 2.69. The summed E-state index contributed by atoms with van der Waals surface area (Å²) in [6, 6.07) is 2.06. The summed E-state index contributed by atoms with van der Waals surface area (Å²) in [4.78, 5) is 26.6. The number of carbonyl (C=O) groups excluding carboxylic acids is 2. The lowest BCUT2D eigenvalue weighted by Crippen LogP contribution is -2.37. The van der Waals surface area contributed by atoms with Gasteiger partial charge < -0.3 is 15.5 Å². The molecule has 0 spiro atoms. The molecule has 1 heterocycles. The van der Waals surface area contributed by atoms with E-state index in [1.54, 1.807) is 4.90 Å². The van der Waals surface area contributed by atoms with Crippen molar-refractivity contribution in [1.29, 1.82) is 0 Å². The predicted molar refractivity (Wildman–Crippen MR) is 73.5 cm³/mol. The maximum Gasteiger partial charge on any atom is 0.259 e. The number of nitrogens with zero attached hydrogens (tertiary/aromatic N) is 2. The number of rotatable bonds is 1. The largest absolute Gasteiger partial charge is 0.396 e. The fourth-order valence-corrected chi connectivity index (χ4v) is 2.36. The van der Waals surface area contributed by atoms with Crippen molar-refractivity contribution in [2.45, 2.75) is 13.3 Å². The topological polar surface area (TPSA) is 66.6 Å². The molecule has 0 bridgehead atoms. The molecule has 1 aliphatic rings. The Morgan fingerprint density at radius 1 is 1.10 bits per heavy atom. The lowest BCUT2D eigenvalue weighted by molar-refractivity contribution is -0.128. The molecule has 2 amide bonds. The Morgan fingerprint density at radius 3 is 2.38 bits per heavy atom. The van der Waals surface area contributed by atoms with E-state index in [-0.39, 0.29) is 18.1 Å². The number of nitrogen functional groups attached to an aromatic ring is 1. The molecule has 1 aliphatic heterocycles. The third-order valence-electron chi connectivity index (χ3n) is 3.56. The van der Waals surface area contributed by atoms with Crippen molar-refractivity contribution in [1.82, 2.24) is 9.80 Å². The van der Waals surface area contributed by atoms with Crippen LogP contribution in [-0.4, -0.2) is 47.8 Å². The van der Waals surface area contributed by atoms with E-state index in [2.05, 4.69) is 0 Å². The third kappa shape index (κ3) is 3.12. The van der Waals surface area contributed by atoms with Crippen molar-refractivity contribution >= 4 is 17.5 Å². The molecule has 1 fully saturated rings. The van der Waals surface area contributed by atoms with Crippen LogP contribution in [0.4, 0.5) is 14.5 Å². The van der Waals surface area contributed by atoms with E-state index < -0.39 is 23.1 Å². The summed E-state index contributed by atoms with van der Waals surface area (Å²) in [6.07, 6.45) is 0.566. The minimum Gasteiger partial charge on any atom is -0.396 e. The van der Waals surface area contributed by atoms with Gasteiger partial charge in [-0.2, -0.15) is 0 Å². The molecule has 5 nitrogen and oxygen atoms in total. The van der Waals surface area contributed by atoms with Gasteiger partial charge in [-0.1, -0.05) is 0 Å². The van der Waals surface area contributed by atoms with E-state index in [9.17, 15) is 18.4 Å². The number of anilines is 1. The monoisotopic (exact) mass is 297 g/mol. The highest BCUT2D eigenvalue weighted by molar-refractivity contribution is 5.95. The number of nitrogens with two attached hydrogens (primary N) is 1. The normalized spacial score (nSPS) is 15.8. The molecule has 21 heavy (non-hydrogen) atoms. The fourth-order valence-electron chi connectivity index (χ4n) is 2.36. The zero-order valence-electron chi connectivity index (χ0n) is 11.7. The van der Waals surface area contributed by atoms with Crippen molar-refractivity contribution in [3.05, 3.63) is 29.3 Å². The molecular formula is C14H17F2N3O2. The first-order valence-electron chi connectivity index (χ1n) is 6.70. The van der Waals surface area contributed by atoms with Crippen LogP contribution in [0.3, 0.4) is 0 Å². The Balaban J connectivity index is 2.21. The summed E-state index contributed by atoms with van der Waals surface area (Å²) in [6.45, 7) is 2.92. The molecule has 2 rings (SSSR count). The van der Waals surface area contributed by atoms with E-state index in [4.69, 9.17) is 5.73 Å². The van der Waals surface area contributed by atoms with Crippen molar-refractivity contribution in [2.24, 2.45) is 0 Å². The van der Waals surface area contributed by atoms with Crippen LogP contribution in [0, 0.1) is 11.6 Å². The lowest BCUT2D eigenvalue weighted by Gasteiger charge is -2.22. The third-order valence-corrected chi connectivity index (χ3v) is 3.56. The highest BCUT2D eigenvalue weighted by Gasteiger charge is 2.26. The number of hydrogen-bond donors (Lipinski definition) is 1. The van der Waals surface area contributed by atoms with E-state index in [0.29, 0.717) is 26.1 Å². The number of hydrogen-bond acceptors (Lipinski definition) is 3. The van der Waals surface area contributed by atoms with E-state index in [0.717, 1.165) is 12.1 Å². The van der Waals surface area contributed by atoms with Crippen molar-refractivity contribution in [3.8, 4) is 0 Å². The highest BCUT2D eigenvalue weighted by atomic mass is 19.1. The molecule has 0 aliphatic carbocycles. The number of amides is 2. The maximum absolute atomic E-state index is 13.9. The first-order chi connectivity index (χ1) is 9.91. The van der Waals surface area contributed by atoms with Crippen LogP contribution in [0.1, 0.15) is 23.7 Å². The predicted octanol–water partition coefficient (Wildman–Crippen LogP) is 1.24. The second-order valence-electron chi connectivity index (χ2n) is 4.98. The van der Waals surface area contributed by atoms with Crippen LogP contribution in [0.2, 0.25) is 0 Å². The SMILES string of the molecule is CC(=O)N1CCCN(C(=O)c2c(F)ccc(N)c2F)CC1. The van der Waals surface area contributed by atoms with Gasteiger partial charge in [0.2, 0.25) is 5.91 Å². The molecule has 2 N–H and O–H groups in total. The van der Waals surface area contributed by atoms with Crippen LogP contribution in [-0.2, 0) is 4.79 Å². The molecule has 0 radical (unpaired) electrons. The van der Waals surface area contributed by atoms with Gasteiger partial charge in [0.25, 0.3) is 5.91 Å². The second-order valence-corrected chi connectivity index (χ2v) is 4.98. The Hall–Kier alpha value is -2.18. The van der Waals surface area contributed by atoms with Crippen molar-refractivity contribution in [3.63, 3.8) is 0 Å². The first kappa shape index (κ1) is 15.2. The minimum atomic E-state index is -1.03. The summed E-state index contributed by atoms with van der Waals surface area (Å²) in [7, 11) is 0. The van der Waals surface area contributed by atoms with Gasteiger partial charge in [0.1, 0.15) is 11.4 Å². The van der Waals surface area contributed by atoms with Gasteiger partial charge in [0.05, 0.1) is 5.69 Å². The number of halogens is 2. The second kappa shape index (κ2) is 6.07. The highest BCUT2D eigenvalue weighted by Crippen LogP contribution is 2.21. The van der Waals surface area contributed by atoms with Crippen LogP contribution < -0.4 is 5.73 Å². The number of carbonyl (C=O) groups is 2. The molecule has 0 atom stereocenters. The molecule has 1 aromatic rings. The molecular weight excluding hydrogens is 280 g/mol. The summed E-state index contributed by atoms with van der Waals surface area (Å²) in [5.41, 5.74) is 4.49. The Kier molecular flexibility index (Phi) is 4.40. The zero-order chi connectivity index (χ0) is 15.6. The minimum absolute atomic E-state index is 0.0781. The average molecular weight is 297 g/mol. The van der Waals surface area contributed by atoms with E-state index in [1.165, 1.54) is 11.8 Å². The molecule has 1 aromatic carbocycles. The molecule has 0 saturated carbocycles. The standard InChI is InChI=1S/C14H17F2N3O2/c1-9(20)18-5-2-6-19(8-7-18)14(21)12-10(15)3-4-11(17)13(12)16/h3-4H,2,5-8,17H2,1H3. The Bertz CT molecular complexity index is 578. The van der Waals surface area contributed by atoms with Crippen molar-refractivity contribution < 1.29 is 18.4 Å². The van der Waals surface area contributed by atoms with E-state index in [1.807, 2.05) is 0 Å². The van der Waals surface area contributed by atoms with Crippen molar-refractivity contribution in [2.75, 3.05) is 31.9 Å². The van der Waals surface area contributed by atoms with Gasteiger partial charge in [0.15, 0.2) is 5.82 Å². The fraction of sp³-hybridized carbons (Fsp3) is 0.429. The maximum atomic E-state index is 13.9. The Labute approximate surface area is 121 Å². The molecule has 114 valence electrons. The zero-order valence-corrected chi connectivity index (χ0v) is 11.7. The Morgan fingerprint density at radius 2 is 1.71 bits per heavy atom.